The van der Waals surface area contributed by atoms with Crippen LogP contribution in [0.25, 0.3) is 0 Å². The fourth-order valence-corrected chi connectivity index (χ4v) is 3.06. The lowest BCUT2D eigenvalue weighted by Gasteiger charge is -2.24. The number of hydrogen-bond acceptors (Lipinski definition) is 4. The van der Waals surface area contributed by atoms with Crippen molar-refractivity contribution in [1.82, 2.24) is 15.6 Å². The predicted molar refractivity (Wildman–Crippen MR) is 108 cm³/mol. The van der Waals surface area contributed by atoms with Crippen molar-refractivity contribution in [2.24, 2.45) is 0 Å². The van der Waals surface area contributed by atoms with Gasteiger partial charge in [0.15, 0.2) is 0 Å². The van der Waals surface area contributed by atoms with E-state index in [1.54, 1.807) is 6.20 Å². The van der Waals surface area contributed by atoms with E-state index < -0.39 is 23.8 Å². The van der Waals surface area contributed by atoms with Crippen LogP contribution < -0.4 is 10.6 Å². The highest BCUT2D eigenvalue weighted by molar-refractivity contribution is 5.73. The molecule has 2 atom stereocenters. The summed E-state index contributed by atoms with van der Waals surface area (Å²) in [5.41, 5.74) is 2.37. The fraction of sp³-hybridized carbons (Fsp3) is 0.455. The molecule has 0 spiro atoms. The van der Waals surface area contributed by atoms with Crippen LogP contribution in [0.1, 0.15) is 44.5 Å². The highest BCUT2D eigenvalue weighted by Gasteiger charge is 2.21. The van der Waals surface area contributed by atoms with Crippen LogP contribution in [-0.2, 0) is 23.2 Å². The summed E-state index contributed by atoms with van der Waals surface area (Å²) < 4.78 is 26.9. The van der Waals surface area contributed by atoms with Crippen LogP contribution in [-0.4, -0.2) is 34.7 Å². The molecule has 158 valence electrons. The van der Waals surface area contributed by atoms with E-state index in [9.17, 15) is 18.7 Å². The van der Waals surface area contributed by atoms with Crippen molar-refractivity contribution in [2.75, 3.05) is 6.54 Å². The standard InChI is InChI=1S/C22H29F2N3O2/c1-14(28)27-20(9-15-7-17(23)11-18(24)8-15)21(29)13-25-12-19-10-16(5-6-26-19)22(2,3)4/h5-8,10-11,20-21,25,29H,9,12-13H2,1-4H3,(H,27,28). The number of carbonyl (C=O) groups excluding carboxylic acids is 1. The Balaban J connectivity index is 1.99. The second kappa shape index (κ2) is 9.89. The van der Waals surface area contributed by atoms with Crippen LogP contribution in [0.4, 0.5) is 8.78 Å². The van der Waals surface area contributed by atoms with E-state index in [0.717, 1.165) is 17.3 Å². The summed E-state index contributed by atoms with van der Waals surface area (Å²) in [6, 6.07) is 6.48. The SMILES string of the molecule is CC(=O)NC(Cc1cc(F)cc(F)c1)C(O)CNCc1cc(C(C)(C)C)ccn1. The highest BCUT2D eigenvalue weighted by Crippen LogP contribution is 2.21. The fourth-order valence-electron chi connectivity index (χ4n) is 3.06. The van der Waals surface area contributed by atoms with Gasteiger partial charge in [0.25, 0.3) is 0 Å². The third kappa shape index (κ3) is 7.51. The maximum absolute atomic E-state index is 13.4. The zero-order valence-corrected chi connectivity index (χ0v) is 17.3. The summed E-state index contributed by atoms with van der Waals surface area (Å²) in [7, 11) is 0. The maximum atomic E-state index is 13.4. The van der Waals surface area contributed by atoms with Gasteiger partial charge in [-0.15, -0.1) is 0 Å². The van der Waals surface area contributed by atoms with Crippen molar-refractivity contribution in [3.63, 3.8) is 0 Å². The van der Waals surface area contributed by atoms with E-state index in [1.807, 2.05) is 12.1 Å². The molecule has 7 heteroatoms. The lowest BCUT2D eigenvalue weighted by molar-refractivity contribution is -0.120. The Hall–Kier alpha value is -2.38. The molecule has 1 aromatic carbocycles. The van der Waals surface area contributed by atoms with Gasteiger partial charge in [-0.1, -0.05) is 20.8 Å². The van der Waals surface area contributed by atoms with Crippen molar-refractivity contribution < 1.29 is 18.7 Å². The van der Waals surface area contributed by atoms with Crippen molar-refractivity contribution >= 4 is 5.91 Å². The Morgan fingerprint density at radius 2 is 1.83 bits per heavy atom. The Kier molecular flexibility index (Phi) is 7.81. The predicted octanol–water partition coefficient (Wildman–Crippen LogP) is 2.86. The van der Waals surface area contributed by atoms with Gasteiger partial charge in [-0.3, -0.25) is 9.78 Å². The van der Waals surface area contributed by atoms with E-state index in [2.05, 4.69) is 36.4 Å². The molecule has 0 saturated heterocycles. The van der Waals surface area contributed by atoms with Crippen LogP contribution in [0.2, 0.25) is 0 Å². The summed E-state index contributed by atoms with van der Waals surface area (Å²) in [6.07, 6.45) is 0.914. The van der Waals surface area contributed by atoms with E-state index in [-0.39, 0.29) is 24.3 Å². The Labute approximate surface area is 170 Å². The van der Waals surface area contributed by atoms with Crippen LogP contribution in [0.3, 0.4) is 0 Å². The van der Waals surface area contributed by atoms with Gasteiger partial charge >= 0.3 is 0 Å². The van der Waals surface area contributed by atoms with Gasteiger partial charge in [-0.2, -0.15) is 0 Å². The number of hydrogen-bond donors (Lipinski definition) is 3. The molecule has 0 aliphatic rings. The molecule has 0 aliphatic carbocycles. The minimum absolute atomic E-state index is 0.00788. The summed E-state index contributed by atoms with van der Waals surface area (Å²) in [5, 5.41) is 16.3. The summed E-state index contributed by atoms with van der Waals surface area (Å²) >= 11 is 0. The quantitative estimate of drug-likeness (QED) is 0.631. The summed E-state index contributed by atoms with van der Waals surface area (Å²) in [5.74, 6) is -1.72. The molecule has 0 fully saturated rings. The van der Waals surface area contributed by atoms with Gasteiger partial charge < -0.3 is 15.7 Å². The van der Waals surface area contributed by atoms with E-state index >= 15 is 0 Å². The lowest BCUT2D eigenvalue weighted by atomic mass is 9.87. The molecule has 2 unspecified atom stereocenters. The first-order valence-corrected chi connectivity index (χ1v) is 9.61. The molecular formula is C22H29F2N3O2. The molecule has 0 bridgehead atoms. The molecule has 0 aliphatic heterocycles. The van der Waals surface area contributed by atoms with E-state index in [0.29, 0.717) is 12.1 Å². The Bertz CT molecular complexity index is 817. The molecule has 3 N–H and O–H groups in total. The van der Waals surface area contributed by atoms with Gasteiger partial charge in [0, 0.05) is 32.3 Å². The number of nitrogens with zero attached hydrogens (tertiary/aromatic N) is 1. The number of rotatable bonds is 8. The number of halogens is 2. The topological polar surface area (TPSA) is 74.2 Å². The molecule has 1 heterocycles. The molecule has 0 radical (unpaired) electrons. The Morgan fingerprint density at radius 3 is 2.41 bits per heavy atom. The van der Waals surface area contributed by atoms with Crippen molar-refractivity contribution in [1.29, 1.82) is 0 Å². The molecule has 5 nitrogen and oxygen atoms in total. The summed E-state index contributed by atoms with van der Waals surface area (Å²) in [6.45, 7) is 8.33. The maximum Gasteiger partial charge on any atom is 0.217 e. The number of aliphatic hydroxyl groups is 1. The van der Waals surface area contributed by atoms with Crippen LogP contribution in [0.5, 0.6) is 0 Å². The second-order valence-electron chi connectivity index (χ2n) is 8.27. The molecular weight excluding hydrogens is 376 g/mol. The average molecular weight is 405 g/mol. The number of aliphatic hydroxyl groups excluding tert-OH is 1. The molecule has 0 saturated carbocycles. The van der Waals surface area contributed by atoms with Crippen LogP contribution >= 0.6 is 0 Å². The number of carbonyl (C=O) groups is 1. The minimum atomic E-state index is -0.948. The number of benzene rings is 1. The Morgan fingerprint density at radius 1 is 1.17 bits per heavy atom. The average Bonchev–Trinajstić information content (AvgIpc) is 2.59. The smallest absolute Gasteiger partial charge is 0.217 e. The second-order valence-corrected chi connectivity index (χ2v) is 8.27. The normalized spacial score (nSPS) is 13.8. The first kappa shape index (κ1) is 22.9. The summed E-state index contributed by atoms with van der Waals surface area (Å²) in [4.78, 5) is 15.8. The first-order chi connectivity index (χ1) is 13.5. The minimum Gasteiger partial charge on any atom is -0.390 e. The van der Waals surface area contributed by atoms with E-state index in [1.165, 1.54) is 19.1 Å². The third-order valence-corrected chi connectivity index (χ3v) is 4.57. The number of nitrogens with one attached hydrogen (secondary N) is 2. The van der Waals surface area contributed by atoms with Gasteiger partial charge in [-0.05, 0) is 47.2 Å². The van der Waals surface area contributed by atoms with Crippen LogP contribution in [0, 0.1) is 11.6 Å². The zero-order valence-electron chi connectivity index (χ0n) is 17.3. The number of aromatic nitrogens is 1. The molecule has 2 aromatic rings. The molecule has 2 rings (SSSR count). The number of pyridine rings is 1. The lowest BCUT2D eigenvalue weighted by Crippen LogP contribution is -2.48. The highest BCUT2D eigenvalue weighted by atomic mass is 19.1. The largest absolute Gasteiger partial charge is 0.390 e. The molecule has 1 amide bonds. The zero-order chi connectivity index (χ0) is 21.6. The van der Waals surface area contributed by atoms with Crippen molar-refractivity contribution in [3.8, 4) is 0 Å². The molecule has 1 aromatic heterocycles. The van der Waals surface area contributed by atoms with Crippen molar-refractivity contribution in [2.45, 2.75) is 58.2 Å². The van der Waals surface area contributed by atoms with Crippen LogP contribution in [0.15, 0.2) is 36.5 Å². The first-order valence-electron chi connectivity index (χ1n) is 9.61. The van der Waals surface area contributed by atoms with Gasteiger partial charge in [0.2, 0.25) is 5.91 Å². The third-order valence-electron chi connectivity index (χ3n) is 4.57. The number of amides is 1. The van der Waals surface area contributed by atoms with Gasteiger partial charge in [-0.25, -0.2) is 8.78 Å². The van der Waals surface area contributed by atoms with Gasteiger partial charge in [0.1, 0.15) is 11.6 Å². The van der Waals surface area contributed by atoms with Gasteiger partial charge in [0.05, 0.1) is 17.8 Å². The van der Waals surface area contributed by atoms with Crippen molar-refractivity contribution in [3.05, 3.63) is 65.0 Å². The molecule has 29 heavy (non-hydrogen) atoms. The van der Waals surface area contributed by atoms with E-state index in [4.69, 9.17) is 0 Å². The monoisotopic (exact) mass is 405 g/mol.